The number of aryl methyl sites for hydroxylation is 1. The first-order valence-corrected chi connectivity index (χ1v) is 8.02. The molecule has 4 heteroatoms. The Morgan fingerprint density at radius 2 is 1.91 bits per heavy atom. The number of fused-ring (bicyclic) bond motifs is 1. The van der Waals surface area contributed by atoms with Crippen LogP contribution in [-0.4, -0.2) is 14.5 Å². The number of hydrogen-bond acceptors (Lipinski definition) is 3. The van der Waals surface area contributed by atoms with Crippen LogP contribution in [0.15, 0.2) is 60.9 Å². The number of imidazole rings is 1. The van der Waals surface area contributed by atoms with Gasteiger partial charge in [-0.3, -0.25) is 0 Å². The summed E-state index contributed by atoms with van der Waals surface area (Å²) >= 11 is 1.75. The fraction of sp³-hybridized carbons (Fsp3) is 0.111. The minimum absolute atomic E-state index is 0.781. The largest absolute Gasteiger partial charge is 0.338 e. The minimum atomic E-state index is 0.781. The van der Waals surface area contributed by atoms with Gasteiger partial charge < -0.3 is 4.57 Å². The molecule has 0 radical (unpaired) electrons. The van der Waals surface area contributed by atoms with E-state index in [1.54, 1.807) is 11.3 Å². The van der Waals surface area contributed by atoms with E-state index in [4.69, 9.17) is 4.98 Å². The van der Waals surface area contributed by atoms with Crippen LogP contribution in [0.3, 0.4) is 0 Å². The van der Waals surface area contributed by atoms with Crippen molar-refractivity contribution in [2.24, 2.45) is 7.05 Å². The summed E-state index contributed by atoms with van der Waals surface area (Å²) in [5, 5.41) is 1.11. The summed E-state index contributed by atoms with van der Waals surface area (Å²) in [5.41, 5.74) is 3.54. The normalized spacial score (nSPS) is 11.1. The maximum atomic E-state index is 4.73. The zero-order valence-corrected chi connectivity index (χ0v) is 13.0. The Labute approximate surface area is 132 Å². The molecule has 0 amide bonds. The first-order chi connectivity index (χ1) is 10.8. The molecule has 0 aliphatic rings. The Kier molecular flexibility index (Phi) is 3.24. The molecule has 4 aromatic rings. The van der Waals surface area contributed by atoms with E-state index in [1.807, 2.05) is 30.1 Å². The Morgan fingerprint density at radius 3 is 2.68 bits per heavy atom. The first-order valence-electron chi connectivity index (χ1n) is 7.21. The third-order valence-corrected chi connectivity index (χ3v) is 4.79. The first kappa shape index (κ1) is 13.2. The predicted molar refractivity (Wildman–Crippen MR) is 91.1 cm³/mol. The molecule has 0 aliphatic heterocycles. The highest BCUT2D eigenvalue weighted by molar-refractivity contribution is 7.18. The second-order valence-electron chi connectivity index (χ2n) is 5.29. The number of nitrogens with zero attached hydrogens (tertiary/aromatic N) is 3. The lowest BCUT2D eigenvalue weighted by molar-refractivity contribution is 0.820. The lowest BCUT2D eigenvalue weighted by Crippen LogP contribution is -1.97. The molecule has 0 saturated carbocycles. The highest BCUT2D eigenvalue weighted by Gasteiger charge is 2.08. The zero-order valence-electron chi connectivity index (χ0n) is 12.2. The lowest BCUT2D eigenvalue weighted by atomic mass is 10.1. The van der Waals surface area contributed by atoms with E-state index < -0.39 is 0 Å². The molecule has 22 heavy (non-hydrogen) atoms. The fourth-order valence-corrected chi connectivity index (χ4v) is 3.56. The van der Waals surface area contributed by atoms with Crippen molar-refractivity contribution >= 4 is 21.6 Å². The predicted octanol–water partition coefficient (Wildman–Crippen LogP) is 4.29. The van der Waals surface area contributed by atoms with Gasteiger partial charge in [-0.05, 0) is 23.3 Å². The maximum absolute atomic E-state index is 4.73. The number of thiazole rings is 1. The molecule has 108 valence electrons. The molecule has 2 aromatic heterocycles. The van der Waals surface area contributed by atoms with Gasteiger partial charge in [-0.2, -0.15) is 0 Å². The van der Waals surface area contributed by atoms with Crippen LogP contribution in [0.25, 0.3) is 21.3 Å². The highest BCUT2D eigenvalue weighted by Crippen LogP contribution is 2.29. The zero-order chi connectivity index (χ0) is 14.9. The van der Waals surface area contributed by atoms with Crippen molar-refractivity contribution in [1.82, 2.24) is 14.5 Å². The van der Waals surface area contributed by atoms with Gasteiger partial charge in [-0.15, -0.1) is 11.3 Å². The smallest absolute Gasteiger partial charge is 0.115 e. The van der Waals surface area contributed by atoms with E-state index in [0.717, 1.165) is 22.8 Å². The molecule has 0 unspecified atom stereocenters. The van der Waals surface area contributed by atoms with E-state index in [2.05, 4.69) is 47.4 Å². The van der Waals surface area contributed by atoms with Crippen molar-refractivity contribution in [3.05, 3.63) is 71.8 Å². The molecule has 0 bridgehead atoms. The topological polar surface area (TPSA) is 30.7 Å². The number of rotatable bonds is 3. The lowest BCUT2D eigenvalue weighted by Gasteiger charge is -2.00. The molecule has 0 N–H and O–H groups in total. The summed E-state index contributed by atoms with van der Waals surface area (Å²) in [5.74, 6) is 1.04. The molecule has 2 heterocycles. The molecule has 3 nitrogen and oxygen atoms in total. The average molecular weight is 305 g/mol. The van der Waals surface area contributed by atoms with Crippen LogP contribution in [0.4, 0.5) is 0 Å². The summed E-state index contributed by atoms with van der Waals surface area (Å²) in [6, 6.07) is 16.9. The Bertz CT molecular complexity index is 922. The van der Waals surface area contributed by atoms with Crippen LogP contribution in [0.1, 0.15) is 10.8 Å². The van der Waals surface area contributed by atoms with Crippen LogP contribution in [0, 0.1) is 0 Å². The van der Waals surface area contributed by atoms with Gasteiger partial charge >= 0.3 is 0 Å². The minimum Gasteiger partial charge on any atom is -0.338 e. The standard InChI is InChI=1S/C18H15N3S/c1-21-10-9-19-17(21)12-18-20-15-8-7-14(11-16(15)22-18)13-5-3-2-4-6-13/h2-11H,12H2,1H3. The van der Waals surface area contributed by atoms with E-state index in [9.17, 15) is 0 Å². The van der Waals surface area contributed by atoms with Gasteiger partial charge in [-0.1, -0.05) is 36.4 Å². The molecule has 0 atom stereocenters. The second kappa shape index (κ2) is 5.39. The van der Waals surface area contributed by atoms with E-state index >= 15 is 0 Å². The van der Waals surface area contributed by atoms with E-state index in [-0.39, 0.29) is 0 Å². The van der Waals surface area contributed by atoms with Gasteiger partial charge in [0.05, 0.1) is 16.6 Å². The summed E-state index contributed by atoms with van der Waals surface area (Å²) < 4.78 is 3.27. The number of benzene rings is 2. The highest BCUT2D eigenvalue weighted by atomic mass is 32.1. The van der Waals surface area contributed by atoms with Crippen LogP contribution < -0.4 is 0 Å². The average Bonchev–Trinajstić information content (AvgIpc) is 3.14. The van der Waals surface area contributed by atoms with Crippen LogP contribution in [-0.2, 0) is 13.5 Å². The third kappa shape index (κ3) is 2.42. The van der Waals surface area contributed by atoms with Crippen molar-refractivity contribution < 1.29 is 0 Å². The Morgan fingerprint density at radius 1 is 1.05 bits per heavy atom. The van der Waals surface area contributed by atoms with Crippen molar-refractivity contribution in [2.45, 2.75) is 6.42 Å². The number of hydrogen-bond donors (Lipinski definition) is 0. The van der Waals surface area contributed by atoms with Gasteiger partial charge in [0.25, 0.3) is 0 Å². The van der Waals surface area contributed by atoms with E-state index in [1.165, 1.54) is 15.8 Å². The monoisotopic (exact) mass is 305 g/mol. The summed E-state index contributed by atoms with van der Waals surface area (Å²) in [4.78, 5) is 9.10. The fourth-order valence-electron chi connectivity index (χ4n) is 2.56. The molecule has 0 aliphatic carbocycles. The van der Waals surface area contributed by atoms with Crippen molar-refractivity contribution in [3.8, 4) is 11.1 Å². The summed E-state index contributed by atoms with van der Waals surface area (Å²) in [6.07, 6.45) is 4.58. The van der Waals surface area contributed by atoms with Crippen LogP contribution >= 0.6 is 11.3 Å². The van der Waals surface area contributed by atoms with Gasteiger partial charge in [0, 0.05) is 19.4 Å². The van der Waals surface area contributed by atoms with Crippen molar-refractivity contribution in [3.63, 3.8) is 0 Å². The summed E-state index contributed by atoms with van der Waals surface area (Å²) in [7, 11) is 2.02. The van der Waals surface area contributed by atoms with Crippen LogP contribution in [0.5, 0.6) is 0 Å². The quantitative estimate of drug-likeness (QED) is 0.565. The Hall–Kier alpha value is -2.46. The summed E-state index contributed by atoms with van der Waals surface area (Å²) in [6.45, 7) is 0. The molecular weight excluding hydrogens is 290 g/mol. The molecular formula is C18H15N3S. The molecule has 0 fully saturated rings. The van der Waals surface area contributed by atoms with Gasteiger partial charge in [-0.25, -0.2) is 9.97 Å². The van der Waals surface area contributed by atoms with Crippen molar-refractivity contribution in [1.29, 1.82) is 0 Å². The second-order valence-corrected chi connectivity index (χ2v) is 6.40. The maximum Gasteiger partial charge on any atom is 0.115 e. The van der Waals surface area contributed by atoms with Gasteiger partial charge in [0.2, 0.25) is 0 Å². The number of aromatic nitrogens is 3. The molecule has 2 aromatic carbocycles. The van der Waals surface area contributed by atoms with E-state index in [0.29, 0.717) is 0 Å². The van der Waals surface area contributed by atoms with Crippen molar-refractivity contribution in [2.75, 3.05) is 0 Å². The van der Waals surface area contributed by atoms with Gasteiger partial charge in [0.1, 0.15) is 10.8 Å². The molecule has 0 spiro atoms. The molecule has 0 saturated heterocycles. The van der Waals surface area contributed by atoms with Crippen LogP contribution in [0.2, 0.25) is 0 Å². The Balaban J connectivity index is 1.71. The van der Waals surface area contributed by atoms with Gasteiger partial charge in [0.15, 0.2) is 0 Å². The molecule has 4 rings (SSSR count). The third-order valence-electron chi connectivity index (χ3n) is 3.77. The SMILES string of the molecule is Cn1ccnc1Cc1nc2ccc(-c3ccccc3)cc2s1.